The van der Waals surface area contributed by atoms with Crippen LogP contribution in [0.5, 0.6) is 0 Å². The number of aromatic amines is 1. The first-order valence-electron chi connectivity index (χ1n) is 6.36. The van der Waals surface area contributed by atoms with Crippen LogP contribution in [0.4, 0.5) is 5.69 Å². The van der Waals surface area contributed by atoms with Crippen LogP contribution in [-0.2, 0) is 0 Å². The van der Waals surface area contributed by atoms with Crippen LogP contribution in [0.1, 0.15) is 24.4 Å². The molecular weight excluding hydrogens is 236 g/mol. The highest BCUT2D eigenvalue weighted by Gasteiger charge is 2.09. The zero-order chi connectivity index (χ0) is 13.2. The number of hydrogen-bond donors (Lipinski definition) is 2. The van der Waals surface area contributed by atoms with E-state index in [1.54, 1.807) is 6.20 Å². The zero-order valence-corrected chi connectivity index (χ0v) is 11.0. The first kappa shape index (κ1) is 11.7. The van der Waals surface area contributed by atoms with Crippen LogP contribution >= 0.6 is 0 Å². The van der Waals surface area contributed by atoms with Gasteiger partial charge in [0.15, 0.2) is 0 Å². The summed E-state index contributed by atoms with van der Waals surface area (Å²) in [5, 5.41) is 11.6. The van der Waals surface area contributed by atoms with Crippen molar-refractivity contribution in [2.24, 2.45) is 0 Å². The minimum atomic E-state index is 0.162. The van der Waals surface area contributed by atoms with Crippen molar-refractivity contribution >= 4 is 16.6 Å². The molecule has 0 saturated carbocycles. The molecule has 0 aliphatic heterocycles. The average Bonchev–Trinajstić information content (AvgIpc) is 2.93. The van der Waals surface area contributed by atoms with Crippen LogP contribution in [0.2, 0.25) is 0 Å². The third-order valence-corrected chi connectivity index (χ3v) is 3.22. The Morgan fingerprint density at radius 3 is 2.84 bits per heavy atom. The Morgan fingerprint density at radius 2 is 2.05 bits per heavy atom. The Kier molecular flexibility index (Phi) is 2.91. The predicted octanol–water partition coefficient (Wildman–Crippen LogP) is 3.44. The van der Waals surface area contributed by atoms with Crippen LogP contribution in [0.25, 0.3) is 10.9 Å². The van der Waals surface area contributed by atoms with E-state index in [0.717, 1.165) is 28.0 Å². The largest absolute Gasteiger partial charge is 0.375 e. The van der Waals surface area contributed by atoms with Gasteiger partial charge in [0.25, 0.3) is 0 Å². The summed E-state index contributed by atoms with van der Waals surface area (Å²) in [6.45, 7) is 4.11. The maximum atomic E-state index is 4.62. The third kappa shape index (κ3) is 2.29. The first-order valence-corrected chi connectivity index (χ1v) is 6.36. The first-order chi connectivity index (χ1) is 9.24. The molecule has 0 bridgehead atoms. The maximum absolute atomic E-state index is 4.62. The standard InChI is InChI=1S/C15H16N4/c1-10-6-7-12-4-3-5-14(15(12)17-10)18-11(2)13-8-9-16-19-13/h3-9,11,18H,1-2H3,(H,16,19). The minimum Gasteiger partial charge on any atom is -0.375 e. The summed E-state index contributed by atoms with van der Waals surface area (Å²) in [5.74, 6) is 0. The molecule has 0 saturated heterocycles. The van der Waals surface area contributed by atoms with E-state index in [0.29, 0.717) is 0 Å². The van der Waals surface area contributed by atoms with E-state index in [9.17, 15) is 0 Å². The topological polar surface area (TPSA) is 53.6 Å². The van der Waals surface area contributed by atoms with Gasteiger partial charge in [-0.15, -0.1) is 0 Å². The fraction of sp³-hybridized carbons (Fsp3) is 0.200. The van der Waals surface area contributed by atoms with Crippen molar-refractivity contribution in [2.75, 3.05) is 5.32 Å². The molecule has 4 nitrogen and oxygen atoms in total. The molecule has 96 valence electrons. The van der Waals surface area contributed by atoms with Gasteiger partial charge < -0.3 is 5.32 Å². The molecule has 2 N–H and O–H groups in total. The molecule has 0 aliphatic rings. The number of benzene rings is 1. The quantitative estimate of drug-likeness (QED) is 0.750. The van der Waals surface area contributed by atoms with Gasteiger partial charge in [0.2, 0.25) is 0 Å². The number of aromatic nitrogens is 3. The van der Waals surface area contributed by atoms with Gasteiger partial charge in [0.1, 0.15) is 0 Å². The van der Waals surface area contributed by atoms with E-state index in [1.807, 2.05) is 25.1 Å². The fourth-order valence-corrected chi connectivity index (χ4v) is 2.18. The lowest BCUT2D eigenvalue weighted by Gasteiger charge is -2.15. The van der Waals surface area contributed by atoms with Crippen LogP contribution < -0.4 is 5.32 Å². The van der Waals surface area contributed by atoms with Gasteiger partial charge in [0.05, 0.1) is 22.9 Å². The number of rotatable bonds is 3. The number of aryl methyl sites for hydroxylation is 1. The summed E-state index contributed by atoms with van der Waals surface area (Å²) in [4.78, 5) is 4.62. The van der Waals surface area contributed by atoms with Crippen LogP contribution in [0, 0.1) is 6.92 Å². The SMILES string of the molecule is Cc1ccc2cccc(NC(C)c3ccn[nH]3)c2n1. The number of anilines is 1. The van der Waals surface area contributed by atoms with Gasteiger partial charge in [-0.25, -0.2) is 0 Å². The second-order valence-corrected chi connectivity index (χ2v) is 4.71. The monoisotopic (exact) mass is 252 g/mol. The lowest BCUT2D eigenvalue weighted by atomic mass is 10.1. The molecule has 4 heteroatoms. The van der Waals surface area contributed by atoms with Crippen molar-refractivity contribution < 1.29 is 0 Å². The summed E-state index contributed by atoms with van der Waals surface area (Å²) >= 11 is 0. The molecule has 1 aromatic carbocycles. The number of nitrogens with one attached hydrogen (secondary N) is 2. The number of hydrogen-bond acceptors (Lipinski definition) is 3. The number of nitrogens with zero attached hydrogens (tertiary/aromatic N) is 2. The molecule has 0 fully saturated rings. The summed E-state index contributed by atoms with van der Waals surface area (Å²) in [6, 6.07) is 12.4. The van der Waals surface area contributed by atoms with Crippen molar-refractivity contribution in [3.8, 4) is 0 Å². The van der Waals surface area contributed by atoms with Crippen molar-refractivity contribution in [3.63, 3.8) is 0 Å². The number of pyridine rings is 1. The number of para-hydroxylation sites is 1. The van der Waals surface area contributed by atoms with Crippen LogP contribution in [-0.4, -0.2) is 15.2 Å². The normalized spacial score (nSPS) is 12.5. The van der Waals surface area contributed by atoms with Gasteiger partial charge in [0, 0.05) is 17.3 Å². The van der Waals surface area contributed by atoms with Gasteiger partial charge in [-0.2, -0.15) is 5.10 Å². The predicted molar refractivity (Wildman–Crippen MR) is 77.1 cm³/mol. The molecule has 0 spiro atoms. The molecule has 2 heterocycles. The van der Waals surface area contributed by atoms with Gasteiger partial charge in [-0.3, -0.25) is 10.1 Å². The smallest absolute Gasteiger partial charge is 0.0936 e. The van der Waals surface area contributed by atoms with Crippen LogP contribution in [0.15, 0.2) is 42.6 Å². The second-order valence-electron chi connectivity index (χ2n) is 4.71. The second kappa shape index (κ2) is 4.72. The lowest BCUT2D eigenvalue weighted by molar-refractivity contribution is 0.826. The Labute approximate surface area is 111 Å². The molecule has 0 radical (unpaired) electrons. The Bertz CT molecular complexity index is 688. The zero-order valence-electron chi connectivity index (χ0n) is 11.0. The third-order valence-electron chi connectivity index (χ3n) is 3.22. The summed E-state index contributed by atoms with van der Waals surface area (Å²) in [5.41, 5.74) is 4.14. The molecule has 3 rings (SSSR count). The Balaban J connectivity index is 1.98. The van der Waals surface area contributed by atoms with Gasteiger partial charge in [-0.1, -0.05) is 18.2 Å². The molecule has 2 aromatic heterocycles. The van der Waals surface area contributed by atoms with E-state index in [4.69, 9.17) is 0 Å². The van der Waals surface area contributed by atoms with E-state index in [-0.39, 0.29) is 6.04 Å². The van der Waals surface area contributed by atoms with Crippen LogP contribution in [0.3, 0.4) is 0 Å². The lowest BCUT2D eigenvalue weighted by Crippen LogP contribution is -2.07. The summed E-state index contributed by atoms with van der Waals surface area (Å²) in [7, 11) is 0. The molecule has 3 aromatic rings. The average molecular weight is 252 g/mol. The highest BCUT2D eigenvalue weighted by atomic mass is 15.1. The van der Waals surface area contributed by atoms with Crippen molar-refractivity contribution in [3.05, 3.63) is 54.0 Å². The summed E-state index contributed by atoms with van der Waals surface area (Å²) < 4.78 is 0. The van der Waals surface area contributed by atoms with Crippen molar-refractivity contribution in [1.82, 2.24) is 15.2 Å². The fourth-order valence-electron chi connectivity index (χ4n) is 2.18. The molecule has 0 amide bonds. The minimum absolute atomic E-state index is 0.162. The molecule has 1 atom stereocenters. The maximum Gasteiger partial charge on any atom is 0.0936 e. The van der Waals surface area contributed by atoms with E-state index in [1.165, 1.54) is 0 Å². The highest BCUT2D eigenvalue weighted by molar-refractivity contribution is 5.90. The van der Waals surface area contributed by atoms with Crippen molar-refractivity contribution in [2.45, 2.75) is 19.9 Å². The molecular formula is C15H16N4. The highest BCUT2D eigenvalue weighted by Crippen LogP contribution is 2.25. The van der Waals surface area contributed by atoms with E-state index in [2.05, 4.69) is 45.6 Å². The molecule has 1 unspecified atom stereocenters. The van der Waals surface area contributed by atoms with Gasteiger partial charge in [-0.05, 0) is 32.0 Å². The number of fused-ring (bicyclic) bond motifs is 1. The summed E-state index contributed by atoms with van der Waals surface area (Å²) in [6.07, 6.45) is 1.76. The Morgan fingerprint density at radius 1 is 1.16 bits per heavy atom. The molecule has 0 aliphatic carbocycles. The van der Waals surface area contributed by atoms with Crippen molar-refractivity contribution in [1.29, 1.82) is 0 Å². The number of H-pyrrole nitrogens is 1. The molecule has 19 heavy (non-hydrogen) atoms. The van der Waals surface area contributed by atoms with E-state index >= 15 is 0 Å². The van der Waals surface area contributed by atoms with Gasteiger partial charge >= 0.3 is 0 Å². The Hall–Kier alpha value is -2.36. The van der Waals surface area contributed by atoms with E-state index < -0.39 is 0 Å².